The first-order valence-corrected chi connectivity index (χ1v) is 6.98. The maximum Gasteiger partial charge on any atom is 0.410 e. The van der Waals surface area contributed by atoms with Crippen LogP contribution in [0.15, 0.2) is 18.5 Å². The fourth-order valence-electron chi connectivity index (χ4n) is 2.19. The molecule has 0 N–H and O–H groups in total. The summed E-state index contributed by atoms with van der Waals surface area (Å²) in [5.41, 5.74) is 0.950. The molecule has 1 aliphatic rings. The normalized spacial score (nSPS) is 15.5. The predicted molar refractivity (Wildman–Crippen MR) is 79.0 cm³/mol. The molecule has 112 valence electrons. The van der Waals surface area contributed by atoms with Crippen LogP contribution < -0.4 is 4.90 Å². The maximum atomic E-state index is 12.0. The Bertz CT molecular complexity index is 552. The summed E-state index contributed by atoms with van der Waals surface area (Å²) < 4.78 is 5.37. The molecule has 0 aromatic carbocycles. The minimum atomic E-state index is -0.481. The highest BCUT2D eigenvalue weighted by Gasteiger charge is 2.26. The standard InChI is InChI=1S/C15H20N4O2/c1-15(2,3)21-14(20)19-8-6-18(7-9-19)13-11-17-5-4-12(13)10-16/h4-5,11H,6-9H2,1-3H3. The second-order valence-corrected chi connectivity index (χ2v) is 5.96. The van der Waals surface area contributed by atoms with Crippen LogP contribution in [-0.2, 0) is 4.74 Å². The fourth-order valence-corrected chi connectivity index (χ4v) is 2.19. The number of anilines is 1. The van der Waals surface area contributed by atoms with Gasteiger partial charge in [0.1, 0.15) is 11.7 Å². The number of pyridine rings is 1. The first-order valence-electron chi connectivity index (χ1n) is 6.98. The van der Waals surface area contributed by atoms with Gasteiger partial charge in [-0.2, -0.15) is 5.26 Å². The van der Waals surface area contributed by atoms with Gasteiger partial charge in [-0.3, -0.25) is 4.98 Å². The number of carbonyl (C=O) groups excluding carboxylic acids is 1. The number of hydrogen-bond donors (Lipinski definition) is 0. The van der Waals surface area contributed by atoms with Gasteiger partial charge in [-0.05, 0) is 26.8 Å². The van der Waals surface area contributed by atoms with Crippen molar-refractivity contribution in [1.29, 1.82) is 5.26 Å². The SMILES string of the molecule is CC(C)(C)OC(=O)N1CCN(c2cnccc2C#N)CC1. The molecule has 1 fully saturated rings. The third-order valence-electron chi connectivity index (χ3n) is 3.19. The number of nitriles is 1. The number of aromatic nitrogens is 1. The van der Waals surface area contributed by atoms with E-state index in [1.54, 1.807) is 23.4 Å². The molecule has 0 radical (unpaired) electrons. The molecule has 1 amide bonds. The van der Waals surface area contributed by atoms with Crippen LogP contribution in [0.25, 0.3) is 0 Å². The number of hydrogen-bond acceptors (Lipinski definition) is 5. The Morgan fingerprint density at radius 2 is 2.00 bits per heavy atom. The van der Waals surface area contributed by atoms with Crippen molar-refractivity contribution >= 4 is 11.8 Å². The molecule has 0 atom stereocenters. The molecule has 1 aliphatic heterocycles. The minimum absolute atomic E-state index is 0.283. The van der Waals surface area contributed by atoms with Crippen molar-refractivity contribution < 1.29 is 9.53 Å². The largest absolute Gasteiger partial charge is 0.444 e. The van der Waals surface area contributed by atoms with Crippen LogP contribution >= 0.6 is 0 Å². The molecule has 21 heavy (non-hydrogen) atoms. The van der Waals surface area contributed by atoms with Crippen molar-refractivity contribution in [3.63, 3.8) is 0 Å². The monoisotopic (exact) mass is 288 g/mol. The van der Waals surface area contributed by atoms with Gasteiger partial charge in [-0.25, -0.2) is 4.79 Å². The van der Waals surface area contributed by atoms with Gasteiger partial charge in [0, 0.05) is 32.4 Å². The topological polar surface area (TPSA) is 69.5 Å². The van der Waals surface area contributed by atoms with E-state index in [0.29, 0.717) is 31.7 Å². The van der Waals surface area contributed by atoms with E-state index in [9.17, 15) is 4.79 Å². The van der Waals surface area contributed by atoms with Gasteiger partial charge in [0.15, 0.2) is 0 Å². The number of carbonyl (C=O) groups is 1. The predicted octanol–water partition coefficient (Wildman–Crippen LogP) is 2.01. The Kier molecular flexibility index (Phi) is 4.32. The number of amides is 1. The summed E-state index contributed by atoms with van der Waals surface area (Å²) in [5.74, 6) is 0. The first-order chi connectivity index (χ1) is 9.90. The van der Waals surface area contributed by atoms with Crippen molar-refractivity contribution in [1.82, 2.24) is 9.88 Å². The van der Waals surface area contributed by atoms with E-state index < -0.39 is 5.60 Å². The highest BCUT2D eigenvalue weighted by atomic mass is 16.6. The Morgan fingerprint density at radius 3 is 2.57 bits per heavy atom. The zero-order chi connectivity index (χ0) is 15.5. The van der Waals surface area contributed by atoms with E-state index in [0.717, 1.165) is 5.69 Å². The van der Waals surface area contributed by atoms with E-state index in [1.165, 1.54) is 0 Å². The zero-order valence-corrected chi connectivity index (χ0v) is 12.7. The molecule has 2 rings (SSSR count). The van der Waals surface area contributed by atoms with Crippen molar-refractivity contribution in [2.45, 2.75) is 26.4 Å². The molecule has 1 aromatic rings. The van der Waals surface area contributed by atoms with Crippen molar-refractivity contribution in [2.24, 2.45) is 0 Å². The summed E-state index contributed by atoms with van der Waals surface area (Å²) in [6.45, 7) is 8.06. The zero-order valence-electron chi connectivity index (χ0n) is 12.7. The van der Waals surface area contributed by atoms with Gasteiger partial charge in [-0.15, -0.1) is 0 Å². The van der Waals surface area contributed by atoms with E-state index in [1.807, 2.05) is 20.8 Å². The number of ether oxygens (including phenoxy) is 1. The van der Waals surface area contributed by atoms with Gasteiger partial charge in [0.25, 0.3) is 0 Å². The molecule has 0 spiro atoms. The second-order valence-electron chi connectivity index (χ2n) is 5.96. The van der Waals surface area contributed by atoms with Crippen LogP contribution in [0.4, 0.5) is 10.5 Å². The molecule has 0 unspecified atom stereocenters. The molecule has 2 heterocycles. The highest BCUT2D eigenvalue weighted by Crippen LogP contribution is 2.20. The average molecular weight is 288 g/mol. The van der Waals surface area contributed by atoms with Crippen LogP contribution in [0.3, 0.4) is 0 Å². The molecule has 1 aromatic heterocycles. The fraction of sp³-hybridized carbons (Fsp3) is 0.533. The van der Waals surface area contributed by atoms with E-state index >= 15 is 0 Å². The van der Waals surface area contributed by atoms with E-state index in [2.05, 4.69) is 16.0 Å². The summed E-state index contributed by atoms with van der Waals surface area (Å²) in [5, 5.41) is 9.13. The van der Waals surface area contributed by atoms with Gasteiger partial charge >= 0.3 is 6.09 Å². The minimum Gasteiger partial charge on any atom is -0.444 e. The smallest absolute Gasteiger partial charge is 0.410 e. The van der Waals surface area contributed by atoms with Gasteiger partial charge in [-0.1, -0.05) is 0 Å². The molecular weight excluding hydrogens is 268 g/mol. The summed E-state index contributed by atoms with van der Waals surface area (Å²) >= 11 is 0. The first kappa shape index (κ1) is 15.1. The van der Waals surface area contributed by atoms with E-state index in [4.69, 9.17) is 10.00 Å². The quantitative estimate of drug-likeness (QED) is 0.790. The Morgan fingerprint density at radius 1 is 1.33 bits per heavy atom. The van der Waals surface area contributed by atoms with Crippen LogP contribution in [0.1, 0.15) is 26.3 Å². The lowest BCUT2D eigenvalue weighted by molar-refractivity contribution is 0.0240. The van der Waals surface area contributed by atoms with Crippen LogP contribution in [0, 0.1) is 11.3 Å². The molecule has 6 heteroatoms. The van der Waals surface area contributed by atoms with Gasteiger partial charge in [0.2, 0.25) is 0 Å². The van der Waals surface area contributed by atoms with Crippen molar-refractivity contribution in [2.75, 3.05) is 31.1 Å². The van der Waals surface area contributed by atoms with Gasteiger partial charge < -0.3 is 14.5 Å². The second kappa shape index (κ2) is 6.00. The Balaban J connectivity index is 1.98. The maximum absolute atomic E-state index is 12.0. The van der Waals surface area contributed by atoms with Crippen LogP contribution in [0.5, 0.6) is 0 Å². The summed E-state index contributed by atoms with van der Waals surface area (Å²) in [7, 11) is 0. The summed E-state index contributed by atoms with van der Waals surface area (Å²) in [6, 6.07) is 3.87. The Hall–Kier alpha value is -2.29. The summed E-state index contributed by atoms with van der Waals surface area (Å²) in [6.07, 6.45) is 3.02. The van der Waals surface area contributed by atoms with Gasteiger partial charge in [0.05, 0.1) is 17.4 Å². The highest BCUT2D eigenvalue weighted by molar-refractivity contribution is 5.69. The lowest BCUT2D eigenvalue weighted by atomic mass is 10.2. The average Bonchev–Trinajstić information content (AvgIpc) is 2.45. The van der Waals surface area contributed by atoms with Crippen LogP contribution in [0.2, 0.25) is 0 Å². The van der Waals surface area contributed by atoms with Crippen LogP contribution in [-0.4, -0.2) is 47.8 Å². The molecule has 0 aliphatic carbocycles. The molecule has 0 bridgehead atoms. The molecule has 1 saturated heterocycles. The van der Waals surface area contributed by atoms with E-state index in [-0.39, 0.29) is 6.09 Å². The Labute approximate surface area is 124 Å². The van der Waals surface area contributed by atoms with Crippen molar-refractivity contribution in [3.05, 3.63) is 24.0 Å². The number of rotatable bonds is 1. The van der Waals surface area contributed by atoms with Crippen molar-refractivity contribution in [3.8, 4) is 6.07 Å². The third kappa shape index (κ3) is 3.85. The molecule has 0 saturated carbocycles. The molecular formula is C15H20N4O2. The molecule has 6 nitrogen and oxygen atoms in total. The summed E-state index contributed by atoms with van der Waals surface area (Å²) in [4.78, 5) is 19.8. The number of nitrogens with zero attached hydrogens (tertiary/aromatic N) is 4. The number of piperazine rings is 1. The lowest BCUT2D eigenvalue weighted by Crippen LogP contribution is -2.50. The lowest BCUT2D eigenvalue weighted by Gasteiger charge is -2.36. The third-order valence-corrected chi connectivity index (χ3v) is 3.19.